The molecule has 4 heteroatoms. The molecular formula is C22H28N2O2. The Morgan fingerprint density at radius 1 is 0.808 bits per heavy atom. The Morgan fingerprint density at radius 2 is 1.31 bits per heavy atom. The number of benzene rings is 2. The zero-order chi connectivity index (χ0) is 19.1. The number of nitrogens with one attached hydrogen (secondary N) is 2. The Morgan fingerprint density at radius 3 is 1.77 bits per heavy atom. The molecule has 0 saturated heterocycles. The largest absolute Gasteiger partial charge is 0.341 e. The van der Waals surface area contributed by atoms with Crippen LogP contribution in [0, 0.1) is 5.92 Å². The summed E-state index contributed by atoms with van der Waals surface area (Å²) in [4.78, 5) is 24.6. The van der Waals surface area contributed by atoms with Crippen LogP contribution in [0.15, 0.2) is 48.5 Å². The van der Waals surface area contributed by atoms with Crippen LogP contribution in [0.1, 0.15) is 50.4 Å². The monoisotopic (exact) mass is 352 g/mol. The van der Waals surface area contributed by atoms with Gasteiger partial charge in [-0.2, -0.15) is 0 Å². The van der Waals surface area contributed by atoms with Gasteiger partial charge in [0, 0.05) is 5.69 Å². The molecule has 0 bridgehead atoms. The maximum Gasteiger partial charge on any atom is 0.313 e. The van der Waals surface area contributed by atoms with E-state index in [1.54, 1.807) is 0 Å². The highest BCUT2D eigenvalue weighted by Gasteiger charge is 2.22. The van der Waals surface area contributed by atoms with Crippen LogP contribution in [0.5, 0.6) is 0 Å². The summed E-state index contributed by atoms with van der Waals surface area (Å²) in [5, 5.41) is 5.52. The van der Waals surface area contributed by atoms with E-state index < -0.39 is 11.8 Å². The Bertz CT molecular complexity index is 734. The molecule has 0 radical (unpaired) electrons. The van der Waals surface area contributed by atoms with Crippen molar-refractivity contribution in [3.05, 3.63) is 65.2 Å². The Hall–Kier alpha value is -2.62. The SMILES string of the molecule is CCc1ccc(NC(=O)C(=O)NC(c2ccc(CC)cc2)C(C)C)cc1. The molecule has 26 heavy (non-hydrogen) atoms. The van der Waals surface area contributed by atoms with Gasteiger partial charge in [-0.05, 0) is 47.6 Å². The zero-order valence-corrected chi connectivity index (χ0v) is 16.0. The van der Waals surface area contributed by atoms with E-state index in [-0.39, 0.29) is 12.0 Å². The van der Waals surface area contributed by atoms with Crippen molar-refractivity contribution in [3.8, 4) is 0 Å². The summed E-state index contributed by atoms with van der Waals surface area (Å²) < 4.78 is 0. The number of hydrogen-bond donors (Lipinski definition) is 2. The van der Waals surface area contributed by atoms with Gasteiger partial charge in [-0.3, -0.25) is 9.59 Å². The average Bonchev–Trinajstić information content (AvgIpc) is 2.66. The van der Waals surface area contributed by atoms with Crippen molar-refractivity contribution in [1.82, 2.24) is 5.32 Å². The van der Waals surface area contributed by atoms with Crippen molar-refractivity contribution in [2.75, 3.05) is 5.32 Å². The van der Waals surface area contributed by atoms with E-state index in [1.165, 1.54) is 11.1 Å². The van der Waals surface area contributed by atoms with E-state index in [0.717, 1.165) is 18.4 Å². The van der Waals surface area contributed by atoms with Gasteiger partial charge in [0.15, 0.2) is 0 Å². The van der Waals surface area contributed by atoms with Gasteiger partial charge in [0.25, 0.3) is 0 Å². The standard InChI is InChI=1S/C22H28N2O2/c1-5-16-7-11-18(12-8-16)20(15(3)4)24-22(26)21(25)23-19-13-9-17(6-2)10-14-19/h7-15,20H,5-6H2,1-4H3,(H,23,25)(H,24,26). The number of amides is 2. The minimum Gasteiger partial charge on any atom is -0.341 e. The molecule has 0 heterocycles. The van der Waals surface area contributed by atoms with E-state index in [2.05, 4.69) is 36.6 Å². The first-order chi connectivity index (χ1) is 12.4. The minimum absolute atomic E-state index is 0.170. The molecule has 0 aliphatic heterocycles. The summed E-state index contributed by atoms with van der Waals surface area (Å²) in [5.74, 6) is -1.10. The predicted molar refractivity (Wildman–Crippen MR) is 106 cm³/mol. The number of aryl methyl sites for hydroxylation is 2. The third kappa shape index (κ3) is 5.19. The molecule has 0 aromatic heterocycles. The fourth-order valence-electron chi connectivity index (χ4n) is 2.81. The lowest BCUT2D eigenvalue weighted by molar-refractivity contribution is -0.136. The number of rotatable bonds is 6. The van der Waals surface area contributed by atoms with E-state index in [0.29, 0.717) is 5.69 Å². The smallest absolute Gasteiger partial charge is 0.313 e. The minimum atomic E-state index is -0.648. The highest BCUT2D eigenvalue weighted by atomic mass is 16.2. The molecule has 2 amide bonds. The van der Waals surface area contributed by atoms with Crippen LogP contribution in [0.4, 0.5) is 5.69 Å². The third-order valence-corrected chi connectivity index (χ3v) is 4.53. The molecule has 2 N–H and O–H groups in total. The lowest BCUT2D eigenvalue weighted by Crippen LogP contribution is -2.39. The second-order valence-electron chi connectivity index (χ2n) is 6.79. The maximum atomic E-state index is 12.4. The highest BCUT2D eigenvalue weighted by Crippen LogP contribution is 2.22. The van der Waals surface area contributed by atoms with Gasteiger partial charge in [0.2, 0.25) is 0 Å². The van der Waals surface area contributed by atoms with E-state index in [1.807, 2.05) is 50.2 Å². The van der Waals surface area contributed by atoms with Gasteiger partial charge in [0.05, 0.1) is 6.04 Å². The van der Waals surface area contributed by atoms with Crippen molar-refractivity contribution >= 4 is 17.5 Å². The topological polar surface area (TPSA) is 58.2 Å². The maximum absolute atomic E-state index is 12.4. The molecule has 2 aromatic carbocycles. The number of carbonyl (C=O) groups is 2. The van der Waals surface area contributed by atoms with Crippen LogP contribution in [-0.4, -0.2) is 11.8 Å². The summed E-state index contributed by atoms with van der Waals surface area (Å²) in [6.07, 6.45) is 1.90. The summed E-state index contributed by atoms with van der Waals surface area (Å²) >= 11 is 0. The lowest BCUT2D eigenvalue weighted by Gasteiger charge is -2.23. The van der Waals surface area contributed by atoms with Gasteiger partial charge in [-0.25, -0.2) is 0 Å². The Balaban J connectivity index is 2.04. The normalized spacial score (nSPS) is 11.9. The summed E-state index contributed by atoms with van der Waals surface area (Å²) in [6.45, 7) is 8.23. The Kier molecular flexibility index (Phi) is 6.96. The van der Waals surface area contributed by atoms with E-state index >= 15 is 0 Å². The van der Waals surface area contributed by atoms with Gasteiger partial charge < -0.3 is 10.6 Å². The molecule has 0 saturated carbocycles. The van der Waals surface area contributed by atoms with Crippen molar-refractivity contribution < 1.29 is 9.59 Å². The fourth-order valence-corrected chi connectivity index (χ4v) is 2.81. The molecule has 2 rings (SSSR count). The van der Waals surface area contributed by atoms with Crippen LogP contribution in [0.2, 0.25) is 0 Å². The van der Waals surface area contributed by atoms with Crippen LogP contribution in [-0.2, 0) is 22.4 Å². The van der Waals surface area contributed by atoms with Crippen molar-refractivity contribution in [1.29, 1.82) is 0 Å². The van der Waals surface area contributed by atoms with Gasteiger partial charge in [-0.15, -0.1) is 0 Å². The lowest BCUT2D eigenvalue weighted by atomic mass is 9.95. The zero-order valence-electron chi connectivity index (χ0n) is 16.0. The van der Waals surface area contributed by atoms with Crippen molar-refractivity contribution in [2.24, 2.45) is 5.92 Å². The van der Waals surface area contributed by atoms with E-state index in [4.69, 9.17) is 0 Å². The van der Waals surface area contributed by atoms with Crippen LogP contribution in [0.3, 0.4) is 0 Å². The number of hydrogen-bond acceptors (Lipinski definition) is 2. The van der Waals surface area contributed by atoms with Gasteiger partial charge in [0.1, 0.15) is 0 Å². The van der Waals surface area contributed by atoms with Crippen LogP contribution in [0.25, 0.3) is 0 Å². The first-order valence-electron chi connectivity index (χ1n) is 9.24. The molecule has 1 atom stereocenters. The van der Waals surface area contributed by atoms with E-state index in [9.17, 15) is 9.59 Å². The second-order valence-corrected chi connectivity index (χ2v) is 6.79. The molecule has 138 valence electrons. The third-order valence-electron chi connectivity index (χ3n) is 4.53. The molecule has 0 fully saturated rings. The molecule has 1 unspecified atom stereocenters. The number of carbonyl (C=O) groups excluding carboxylic acids is 2. The van der Waals surface area contributed by atoms with Crippen molar-refractivity contribution in [2.45, 2.75) is 46.6 Å². The predicted octanol–water partition coefficient (Wildman–Crippen LogP) is 4.26. The number of anilines is 1. The van der Waals surface area contributed by atoms with Gasteiger partial charge >= 0.3 is 11.8 Å². The molecule has 0 spiro atoms. The summed E-state index contributed by atoms with van der Waals surface area (Å²) in [5.41, 5.74) is 4.06. The summed E-state index contributed by atoms with van der Waals surface area (Å²) in [6, 6.07) is 15.5. The molecule has 0 aliphatic rings. The second kappa shape index (κ2) is 9.18. The van der Waals surface area contributed by atoms with Gasteiger partial charge in [-0.1, -0.05) is 64.1 Å². The first-order valence-corrected chi connectivity index (χ1v) is 9.24. The molecular weight excluding hydrogens is 324 g/mol. The first kappa shape index (κ1) is 19.7. The summed E-state index contributed by atoms with van der Waals surface area (Å²) in [7, 11) is 0. The molecule has 2 aromatic rings. The average molecular weight is 352 g/mol. The fraction of sp³-hybridized carbons (Fsp3) is 0.364. The molecule has 4 nitrogen and oxygen atoms in total. The van der Waals surface area contributed by atoms with Crippen LogP contribution >= 0.6 is 0 Å². The quantitative estimate of drug-likeness (QED) is 0.763. The Labute approximate surface area is 156 Å². The van der Waals surface area contributed by atoms with Crippen molar-refractivity contribution in [3.63, 3.8) is 0 Å². The molecule has 0 aliphatic carbocycles. The highest BCUT2D eigenvalue weighted by molar-refractivity contribution is 6.39. The van der Waals surface area contributed by atoms with Crippen LogP contribution < -0.4 is 10.6 Å².